The summed E-state index contributed by atoms with van der Waals surface area (Å²) < 4.78 is 26.0. The molecule has 14 heavy (non-hydrogen) atoms. The number of hydrogen-bond donors (Lipinski definition) is 0. The molecule has 0 aliphatic rings. The lowest BCUT2D eigenvalue weighted by Gasteiger charge is -2.00. The summed E-state index contributed by atoms with van der Waals surface area (Å²) in [4.78, 5) is 4.01. The van der Waals surface area contributed by atoms with Gasteiger partial charge in [-0.1, -0.05) is 0 Å². The standard InChI is InChI=1S/C10H7F2NS/c11-8-1-2-9(12)7(5-8)6-10-13-3-4-14-10/h1-5H,6H2. The fourth-order valence-electron chi connectivity index (χ4n) is 1.18. The number of thiazole rings is 1. The summed E-state index contributed by atoms with van der Waals surface area (Å²) in [6.45, 7) is 0. The molecule has 0 saturated heterocycles. The molecule has 1 aromatic heterocycles. The van der Waals surface area contributed by atoms with Crippen molar-refractivity contribution in [1.82, 2.24) is 4.98 Å². The lowest BCUT2D eigenvalue weighted by Crippen LogP contribution is -1.93. The molecule has 0 N–H and O–H groups in total. The first-order valence-electron chi connectivity index (χ1n) is 4.08. The Morgan fingerprint density at radius 3 is 2.86 bits per heavy atom. The fraction of sp³-hybridized carbons (Fsp3) is 0.100. The van der Waals surface area contributed by atoms with E-state index in [-0.39, 0.29) is 5.82 Å². The SMILES string of the molecule is Fc1ccc(F)c(Cc2nccs2)c1. The van der Waals surface area contributed by atoms with Crippen molar-refractivity contribution in [1.29, 1.82) is 0 Å². The highest BCUT2D eigenvalue weighted by molar-refractivity contribution is 7.09. The molecule has 1 nitrogen and oxygen atoms in total. The first kappa shape index (κ1) is 9.27. The molecule has 0 saturated carbocycles. The largest absolute Gasteiger partial charge is 0.249 e. The van der Waals surface area contributed by atoms with Gasteiger partial charge in [-0.3, -0.25) is 0 Å². The molecule has 0 aliphatic carbocycles. The Morgan fingerprint density at radius 2 is 2.14 bits per heavy atom. The summed E-state index contributed by atoms with van der Waals surface area (Å²) in [5.74, 6) is -0.806. The van der Waals surface area contributed by atoms with Gasteiger partial charge in [-0.05, 0) is 23.8 Å². The van der Waals surface area contributed by atoms with Crippen LogP contribution in [0.25, 0.3) is 0 Å². The molecule has 72 valence electrons. The normalized spacial score (nSPS) is 10.4. The van der Waals surface area contributed by atoms with Crippen molar-refractivity contribution in [2.24, 2.45) is 0 Å². The van der Waals surface area contributed by atoms with Gasteiger partial charge in [0, 0.05) is 18.0 Å². The van der Waals surface area contributed by atoms with Crippen LogP contribution >= 0.6 is 11.3 Å². The molecule has 4 heteroatoms. The van der Waals surface area contributed by atoms with Gasteiger partial charge in [0.15, 0.2) is 0 Å². The van der Waals surface area contributed by atoms with Gasteiger partial charge in [0.05, 0.1) is 5.01 Å². The van der Waals surface area contributed by atoms with Crippen LogP contribution < -0.4 is 0 Å². The van der Waals surface area contributed by atoms with Gasteiger partial charge in [-0.25, -0.2) is 13.8 Å². The molecule has 0 fully saturated rings. The quantitative estimate of drug-likeness (QED) is 0.744. The third-order valence-corrected chi connectivity index (χ3v) is 2.61. The predicted molar refractivity (Wildman–Crippen MR) is 51.3 cm³/mol. The van der Waals surface area contributed by atoms with Crippen LogP contribution in [0.4, 0.5) is 8.78 Å². The topological polar surface area (TPSA) is 12.9 Å². The van der Waals surface area contributed by atoms with E-state index in [1.165, 1.54) is 17.4 Å². The number of hydrogen-bond acceptors (Lipinski definition) is 2. The minimum Gasteiger partial charge on any atom is -0.249 e. The molecule has 0 amide bonds. The third-order valence-electron chi connectivity index (χ3n) is 1.83. The molecule has 1 aromatic carbocycles. The Kier molecular flexibility index (Phi) is 2.54. The number of aromatic nitrogens is 1. The highest BCUT2D eigenvalue weighted by Crippen LogP contribution is 2.15. The maximum Gasteiger partial charge on any atom is 0.127 e. The Hall–Kier alpha value is -1.29. The summed E-state index contributed by atoms with van der Waals surface area (Å²) in [6.07, 6.45) is 2.00. The minimum atomic E-state index is -0.419. The summed E-state index contributed by atoms with van der Waals surface area (Å²) in [5, 5.41) is 2.60. The molecule has 2 rings (SSSR count). The molecule has 0 spiro atoms. The van der Waals surface area contributed by atoms with Gasteiger partial charge in [-0.15, -0.1) is 11.3 Å². The molecule has 2 aromatic rings. The van der Waals surface area contributed by atoms with Crippen LogP contribution in [0, 0.1) is 11.6 Å². The van der Waals surface area contributed by atoms with Crippen molar-refractivity contribution >= 4 is 11.3 Å². The molecule has 1 heterocycles. The van der Waals surface area contributed by atoms with Crippen LogP contribution in [-0.2, 0) is 6.42 Å². The van der Waals surface area contributed by atoms with Crippen LogP contribution in [0.3, 0.4) is 0 Å². The van der Waals surface area contributed by atoms with E-state index in [1.807, 2.05) is 5.38 Å². The van der Waals surface area contributed by atoms with Crippen molar-refractivity contribution in [3.8, 4) is 0 Å². The average molecular weight is 211 g/mol. The van der Waals surface area contributed by atoms with Crippen molar-refractivity contribution in [3.05, 3.63) is 52.0 Å². The van der Waals surface area contributed by atoms with E-state index in [0.29, 0.717) is 12.0 Å². The van der Waals surface area contributed by atoms with Crippen molar-refractivity contribution < 1.29 is 8.78 Å². The highest BCUT2D eigenvalue weighted by atomic mass is 32.1. The molecular formula is C10H7F2NS. The number of nitrogens with zero attached hydrogens (tertiary/aromatic N) is 1. The second kappa shape index (κ2) is 3.84. The first-order valence-corrected chi connectivity index (χ1v) is 4.96. The third kappa shape index (κ3) is 1.96. The maximum absolute atomic E-state index is 13.2. The summed E-state index contributed by atoms with van der Waals surface area (Å²) >= 11 is 1.43. The smallest absolute Gasteiger partial charge is 0.127 e. The lowest BCUT2D eigenvalue weighted by molar-refractivity contribution is 0.588. The van der Waals surface area contributed by atoms with Gasteiger partial charge in [0.2, 0.25) is 0 Å². The zero-order valence-corrected chi connectivity index (χ0v) is 8.02. The molecular weight excluding hydrogens is 204 g/mol. The zero-order valence-electron chi connectivity index (χ0n) is 7.21. The Balaban J connectivity index is 2.28. The Bertz CT molecular complexity index is 426. The highest BCUT2D eigenvalue weighted by Gasteiger charge is 2.05. The fourth-order valence-corrected chi connectivity index (χ4v) is 1.82. The molecule has 0 bridgehead atoms. The first-order chi connectivity index (χ1) is 6.75. The van der Waals surface area contributed by atoms with E-state index in [4.69, 9.17) is 0 Å². The van der Waals surface area contributed by atoms with E-state index in [1.54, 1.807) is 6.20 Å². The predicted octanol–water partition coefficient (Wildman–Crippen LogP) is 3.01. The lowest BCUT2D eigenvalue weighted by atomic mass is 10.1. The van der Waals surface area contributed by atoms with Crippen LogP contribution in [0.5, 0.6) is 0 Å². The number of benzene rings is 1. The average Bonchev–Trinajstić information content (AvgIpc) is 2.64. The summed E-state index contributed by atoms with van der Waals surface area (Å²) in [7, 11) is 0. The van der Waals surface area contributed by atoms with Gasteiger partial charge in [0.1, 0.15) is 11.6 Å². The van der Waals surface area contributed by atoms with Crippen molar-refractivity contribution in [3.63, 3.8) is 0 Å². The van der Waals surface area contributed by atoms with Gasteiger partial charge >= 0.3 is 0 Å². The molecule has 0 radical (unpaired) electrons. The monoisotopic (exact) mass is 211 g/mol. The van der Waals surface area contributed by atoms with E-state index >= 15 is 0 Å². The number of rotatable bonds is 2. The van der Waals surface area contributed by atoms with Crippen molar-refractivity contribution in [2.75, 3.05) is 0 Å². The Morgan fingerprint density at radius 1 is 1.29 bits per heavy atom. The van der Waals surface area contributed by atoms with Crippen LogP contribution in [0.1, 0.15) is 10.6 Å². The van der Waals surface area contributed by atoms with E-state index in [9.17, 15) is 8.78 Å². The second-order valence-corrected chi connectivity index (χ2v) is 3.82. The van der Waals surface area contributed by atoms with Crippen molar-refractivity contribution in [2.45, 2.75) is 6.42 Å². The summed E-state index contributed by atoms with van der Waals surface area (Å²) in [5.41, 5.74) is 0.347. The van der Waals surface area contributed by atoms with E-state index in [0.717, 1.165) is 17.1 Å². The molecule has 0 unspecified atom stereocenters. The Labute approximate surface area is 84.0 Å². The summed E-state index contributed by atoms with van der Waals surface area (Å²) in [6, 6.07) is 3.45. The second-order valence-electron chi connectivity index (χ2n) is 2.84. The molecule has 0 atom stereocenters. The molecule has 0 aliphatic heterocycles. The maximum atomic E-state index is 13.2. The van der Waals surface area contributed by atoms with Gasteiger partial charge < -0.3 is 0 Å². The van der Waals surface area contributed by atoms with Gasteiger partial charge in [-0.2, -0.15) is 0 Å². The minimum absolute atomic E-state index is 0.347. The van der Waals surface area contributed by atoms with E-state index in [2.05, 4.69) is 4.98 Å². The number of halogens is 2. The van der Waals surface area contributed by atoms with E-state index < -0.39 is 5.82 Å². The van der Waals surface area contributed by atoms with Crippen LogP contribution in [0.2, 0.25) is 0 Å². The zero-order chi connectivity index (χ0) is 9.97. The van der Waals surface area contributed by atoms with Crippen LogP contribution in [0.15, 0.2) is 29.8 Å². The van der Waals surface area contributed by atoms with Crippen LogP contribution in [-0.4, -0.2) is 4.98 Å². The van der Waals surface area contributed by atoms with Gasteiger partial charge in [0.25, 0.3) is 0 Å².